The predicted octanol–water partition coefficient (Wildman–Crippen LogP) is 3.21. The Kier molecular flexibility index (Phi) is 2.39. The van der Waals surface area contributed by atoms with E-state index in [-0.39, 0.29) is 5.41 Å². The Morgan fingerprint density at radius 2 is 1.80 bits per heavy atom. The second kappa shape index (κ2) is 3.58. The van der Waals surface area contributed by atoms with Gasteiger partial charge in [-0.15, -0.1) is 0 Å². The van der Waals surface area contributed by atoms with E-state index >= 15 is 0 Å². The molecule has 2 rings (SSSR count). The van der Waals surface area contributed by atoms with Crippen molar-refractivity contribution in [3.8, 4) is 0 Å². The molecule has 0 amide bonds. The lowest BCUT2D eigenvalue weighted by Gasteiger charge is -2.32. The largest absolute Gasteiger partial charge is 0.399 e. The van der Waals surface area contributed by atoms with Crippen LogP contribution in [0.3, 0.4) is 0 Å². The van der Waals surface area contributed by atoms with Crippen molar-refractivity contribution in [2.75, 3.05) is 0 Å². The van der Waals surface area contributed by atoms with Crippen molar-refractivity contribution in [3.05, 3.63) is 59.8 Å². The minimum atomic E-state index is 0.0974. The Morgan fingerprint density at radius 1 is 1.13 bits per heavy atom. The molecule has 78 valence electrons. The summed E-state index contributed by atoms with van der Waals surface area (Å²) in [5.41, 5.74) is 8.14. The maximum absolute atomic E-state index is 5.82. The summed E-state index contributed by atoms with van der Waals surface area (Å²) in [7, 11) is 0. The van der Waals surface area contributed by atoms with Crippen LogP contribution in [0.1, 0.15) is 25.3 Å². The zero-order chi connectivity index (χ0) is 10.9. The normalized spacial score (nSPS) is 23.6. The third-order valence-electron chi connectivity index (χ3n) is 2.98. The fraction of sp³-hybridized carbons (Fsp3) is 0.286. The fourth-order valence-electron chi connectivity index (χ4n) is 2.22. The Labute approximate surface area is 91.3 Å². The molecule has 1 aliphatic rings. The van der Waals surface area contributed by atoms with Crippen molar-refractivity contribution in [1.82, 2.24) is 0 Å². The van der Waals surface area contributed by atoms with E-state index in [0.717, 1.165) is 5.70 Å². The highest BCUT2D eigenvalue weighted by Gasteiger charge is 2.28. The molecule has 0 radical (unpaired) electrons. The molecule has 15 heavy (non-hydrogen) atoms. The van der Waals surface area contributed by atoms with Gasteiger partial charge >= 0.3 is 0 Å². The highest BCUT2D eigenvalue weighted by Crippen LogP contribution is 2.40. The molecule has 1 nitrogen and oxygen atoms in total. The Balaban J connectivity index is 2.37. The minimum Gasteiger partial charge on any atom is -0.399 e. The quantitative estimate of drug-likeness (QED) is 0.738. The van der Waals surface area contributed by atoms with Crippen molar-refractivity contribution < 1.29 is 0 Å². The molecule has 0 aromatic heterocycles. The van der Waals surface area contributed by atoms with E-state index in [9.17, 15) is 0 Å². The average molecular weight is 199 g/mol. The standard InChI is InChI=1S/C14H17N/c1-14(2)10-12(15)8-9-13(14)11-6-4-3-5-7-11/h3-10,13H,15H2,1-2H3. The van der Waals surface area contributed by atoms with Gasteiger partial charge in [0.15, 0.2) is 0 Å². The number of hydrogen-bond donors (Lipinski definition) is 1. The van der Waals surface area contributed by atoms with E-state index in [1.807, 2.05) is 12.1 Å². The molecule has 1 aromatic rings. The third kappa shape index (κ3) is 1.96. The van der Waals surface area contributed by atoms with Crippen LogP contribution < -0.4 is 5.73 Å². The Morgan fingerprint density at radius 3 is 2.40 bits per heavy atom. The van der Waals surface area contributed by atoms with E-state index in [1.54, 1.807) is 0 Å². The smallest absolute Gasteiger partial charge is 0.0276 e. The summed E-state index contributed by atoms with van der Waals surface area (Å²) >= 11 is 0. The first-order chi connectivity index (χ1) is 7.09. The number of rotatable bonds is 1. The molecule has 0 saturated heterocycles. The first kappa shape index (κ1) is 10.0. The van der Waals surface area contributed by atoms with Gasteiger partial charge in [0, 0.05) is 11.6 Å². The SMILES string of the molecule is CC1(C)C=C(N)C=CC1c1ccccc1. The average Bonchev–Trinajstić information content (AvgIpc) is 2.17. The summed E-state index contributed by atoms with van der Waals surface area (Å²) in [6.07, 6.45) is 6.35. The van der Waals surface area contributed by atoms with Crippen molar-refractivity contribution in [2.45, 2.75) is 19.8 Å². The topological polar surface area (TPSA) is 26.0 Å². The fourth-order valence-corrected chi connectivity index (χ4v) is 2.22. The molecule has 1 atom stereocenters. The monoisotopic (exact) mass is 199 g/mol. The molecule has 0 spiro atoms. The zero-order valence-corrected chi connectivity index (χ0v) is 9.27. The lowest BCUT2D eigenvalue weighted by molar-refractivity contribution is 0.418. The van der Waals surface area contributed by atoms with Crippen LogP contribution in [0.5, 0.6) is 0 Å². The summed E-state index contributed by atoms with van der Waals surface area (Å²) in [6, 6.07) is 10.6. The Bertz CT molecular complexity index is 399. The van der Waals surface area contributed by atoms with E-state index in [0.29, 0.717) is 5.92 Å². The summed E-state index contributed by atoms with van der Waals surface area (Å²) < 4.78 is 0. The van der Waals surface area contributed by atoms with Crippen LogP contribution in [-0.4, -0.2) is 0 Å². The van der Waals surface area contributed by atoms with Gasteiger partial charge in [0.05, 0.1) is 0 Å². The van der Waals surface area contributed by atoms with Crippen LogP contribution in [0.15, 0.2) is 54.3 Å². The van der Waals surface area contributed by atoms with Gasteiger partial charge in [-0.2, -0.15) is 0 Å². The molecule has 0 aliphatic heterocycles. The molecule has 0 heterocycles. The third-order valence-corrected chi connectivity index (χ3v) is 2.98. The van der Waals surface area contributed by atoms with E-state index in [2.05, 4.69) is 50.3 Å². The van der Waals surface area contributed by atoms with Crippen LogP contribution in [0.2, 0.25) is 0 Å². The molecule has 2 N–H and O–H groups in total. The molecule has 0 saturated carbocycles. The summed E-state index contributed by atoms with van der Waals surface area (Å²) in [5, 5.41) is 0. The van der Waals surface area contributed by atoms with E-state index in [4.69, 9.17) is 5.73 Å². The minimum absolute atomic E-state index is 0.0974. The first-order valence-electron chi connectivity index (χ1n) is 5.31. The van der Waals surface area contributed by atoms with Gasteiger partial charge in [-0.05, 0) is 17.1 Å². The highest BCUT2D eigenvalue weighted by atomic mass is 14.6. The van der Waals surface area contributed by atoms with E-state index in [1.165, 1.54) is 5.56 Å². The number of nitrogens with two attached hydrogens (primary N) is 1. The summed E-state index contributed by atoms with van der Waals surface area (Å²) in [5.74, 6) is 0.422. The van der Waals surface area contributed by atoms with Gasteiger partial charge in [0.2, 0.25) is 0 Å². The molecule has 1 heteroatoms. The van der Waals surface area contributed by atoms with Gasteiger partial charge in [-0.25, -0.2) is 0 Å². The lowest BCUT2D eigenvalue weighted by atomic mass is 9.72. The maximum Gasteiger partial charge on any atom is 0.0276 e. The van der Waals surface area contributed by atoms with Crippen molar-refractivity contribution in [3.63, 3.8) is 0 Å². The number of hydrogen-bond acceptors (Lipinski definition) is 1. The second-order valence-corrected chi connectivity index (χ2v) is 4.71. The van der Waals surface area contributed by atoms with Gasteiger partial charge in [-0.3, -0.25) is 0 Å². The molecular weight excluding hydrogens is 182 g/mol. The van der Waals surface area contributed by atoms with Gasteiger partial charge in [-0.1, -0.05) is 56.3 Å². The molecule has 0 fully saturated rings. The van der Waals surface area contributed by atoms with Gasteiger partial charge < -0.3 is 5.73 Å². The molecular formula is C14H17N. The van der Waals surface area contributed by atoms with Gasteiger partial charge in [0.1, 0.15) is 0 Å². The van der Waals surface area contributed by atoms with Crippen LogP contribution in [-0.2, 0) is 0 Å². The Hall–Kier alpha value is -1.50. The van der Waals surface area contributed by atoms with Gasteiger partial charge in [0.25, 0.3) is 0 Å². The van der Waals surface area contributed by atoms with Crippen molar-refractivity contribution >= 4 is 0 Å². The van der Waals surface area contributed by atoms with E-state index < -0.39 is 0 Å². The maximum atomic E-state index is 5.82. The van der Waals surface area contributed by atoms with Crippen LogP contribution in [0.4, 0.5) is 0 Å². The molecule has 0 bridgehead atoms. The summed E-state index contributed by atoms with van der Waals surface area (Å²) in [4.78, 5) is 0. The first-order valence-corrected chi connectivity index (χ1v) is 5.31. The van der Waals surface area contributed by atoms with Crippen molar-refractivity contribution in [2.24, 2.45) is 11.1 Å². The molecule has 1 unspecified atom stereocenters. The zero-order valence-electron chi connectivity index (χ0n) is 9.27. The lowest BCUT2D eigenvalue weighted by Crippen LogP contribution is -2.22. The molecule has 1 aliphatic carbocycles. The van der Waals surface area contributed by atoms with Crippen LogP contribution in [0, 0.1) is 5.41 Å². The number of benzene rings is 1. The highest BCUT2D eigenvalue weighted by molar-refractivity contribution is 5.35. The van der Waals surface area contributed by atoms with Crippen LogP contribution in [0.25, 0.3) is 0 Å². The van der Waals surface area contributed by atoms with Crippen LogP contribution >= 0.6 is 0 Å². The van der Waals surface area contributed by atoms with Crippen molar-refractivity contribution in [1.29, 1.82) is 0 Å². The number of allylic oxidation sites excluding steroid dienone is 3. The second-order valence-electron chi connectivity index (χ2n) is 4.71. The summed E-state index contributed by atoms with van der Waals surface area (Å²) in [6.45, 7) is 4.45. The molecule has 1 aromatic carbocycles. The predicted molar refractivity (Wildman–Crippen MR) is 64.4 cm³/mol.